The molecule has 8 nitrogen and oxygen atoms in total. The van der Waals surface area contributed by atoms with Crippen molar-refractivity contribution in [1.82, 2.24) is 4.90 Å². The zero-order valence-electron chi connectivity index (χ0n) is 22.6. The minimum Gasteiger partial charge on any atom is -0.368 e. The summed E-state index contributed by atoms with van der Waals surface area (Å²) >= 11 is 0. The molecule has 0 saturated heterocycles. The van der Waals surface area contributed by atoms with Crippen molar-refractivity contribution in [1.29, 1.82) is 5.26 Å². The molecule has 2 aromatic rings. The monoisotopic (exact) mass is 569 g/mol. The van der Waals surface area contributed by atoms with Gasteiger partial charge < -0.3 is 5.73 Å². The molecule has 3 rings (SSSR count). The Labute approximate surface area is 231 Å². The van der Waals surface area contributed by atoms with Gasteiger partial charge in [0.15, 0.2) is 19.7 Å². The summed E-state index contributed by atoms with van der Waals surface area (Å²) in [5.74, 6) is -0.460. The van der Waals surface area contributed by atoms with Crippen LogP contribution in [0, 0.1) is 17.2 Å². The molecular formula is C29H35N3O5S2. The standard InChI is InChI=1S/C29H35N3O5S2/c1-21(2)20-26(28(31)33)32(19-18-30)27(22-8-12-24(13-9-22)38(3,34)35)29(16-6-5-7-17-29)23-10-14-25(15-11-23)39(4,36)37/h5-16,21,26-27H,17,19-20H2,1-4H3,(H2,31,33)/t26-,27?,29?/m0/s1. The third-order valence-corrected chi connectivity index (χ3v) is 9.29. The van der Waals surface area contributed by atoms with Crippen LogP contribution in [-0.2, 0) is 29.9 Å². The molecule has 0 spiro atoms. The van der Waals surface area contributed by atoms with Gasteiger partial charge in [0, 0.05) is 17.9 Å². The number of carbonyl (C=O) groups is 1. The van der Waals surface area contributed by atoms with Crippen LogP contribution in [0.5, 0.6) is 0 Å². The van der Waals surface area contributed by atoms with Crippen molar-refractivity contribution in [3.05, 3.63) is 84.0 Å². The highest BCUT2D eigenvalue weighted by Crippen LogP contribution is 2.48. The number of carbonyl (C=O) groups excluding carboxylic acids is 1. The Morgan fingerprint density at radius 1 is 0.974 bits per heavy atom. The van der Waals surface area contributed by atoms with Crippen molar-refractivity contribution < 1.29 is 21.6 Å². The molecule has 2 unspecified atom stereocenters. The van der Waals surface area contributed by atoms with E-state index in [9.17, 15) is 26.9 Å². The molecule has 10 heteroatoms. The Morgan fingerprint density at radius 3 is 1.92 bits per heavy atom. The van der Waals surface area contributed by atoms with Crippen LogP contribution < -0.4 is 5.73 Å². The third-order valence-electron chi connectivity index (χ3n) is 7.04. The SMILES string of the molecule is CC(C)C[C@@H](C(N)=O)N(CC#N)C(c1ccc(S(C)(=O)=O)cc1)C1(c2ccc(S(C)(=O)=O)cc2)C=CC=CC1. The van der Waals surface area contributed by atoms with E-state index in [4.69, 9.17) is 5.73 Å². The van der Waals surface area contributed by atoms with Crippen molar-refractivity contribution >= 4 is 25.6 Å². The average molecular weight is 570 g/mol. The van der Waals surface area contributed by atoms with Gasteiger partial charge in [0.25, 0.3) is 0 Å². The molecule has 0 fully saturated rings. The molecule has 0 aliphatic heterocycles. The van der Waals surface area contributed by atoms with Crippen LogP contribution in [0.2, 0.25) is 0 Å². The fourth-order valence-electron chi connectivity index (χ4n) is 5.23. The van der Waals surface area contributed by atoms with E-state index in [1.165, 1.54) is 12.1 Å². The zero-order chi connectivity index (χ0) is 29.0. The van der Waals surface area contributed by atoms with Gasteiger partial charge in [-0.3, -0.25) is 9.69 Å². The first-order valence-corrected chi connectivity index (χ1v) is 16.4. The zero-order valence-corrected chi connectivity index (χ0v) is 24.2. The normalized spacial score (nSPS) is 19.1. The van der Waals surface area contributed by atoms with Crippen LogP contribution in [0.25, 0.3) is 0 Å². The van der Waals surface area contributed by atoms with Crippen molar-refractivity contribution in [2.45, 2.75) is 54.0 Å². The molecule has 0 heterocycles. The van der Waals surface area contributed by atoms with Crippen LogP contribution in [0.1, 0.15) is 43.9 Å². The molecule has 0 radical (unpaired) electrons. The molecule has 1 aliphatic carbocycles. The fraction of sp³-hybridized carbons (Fsp3) is 0.379. The highest BCUT2D eigenvalue weighted by molar-refractivity contribution is 7.91. The lowest BCUT2D eigenvalue weighted by molar-refractivity contribution is -0.125. The molecule has 0 saturated carbocycles. The summed E-state index contributed by atoms with van der Waals surface area (Å²) in [5, 5.41) is 9.91. The summed E-state index contributed by atoms with van der Waals surface area (Å²) in [4.78, 5) is 15.0. The number of nitriles is 1. The molecule has 0 bridgehead atoms. The quantitative estimate of drug-likeness (QED) is 0.407. The second kappa shape index (κ2) is 11.9. The van der Waals surface area contributed by atoms with E-state index in [-0.39, 0.29) is 22.3 Å². The van der Waals surface area contributed by atoms with E-state index >= 15 is 0 Å². The van der Waals surface area contributed by atoms with Gasteiger partial charge in [0.2, 0.25) is 5.91 Å². The predicted octanol–water partition coefficient (Wildman–Crippen LogP) is 3.71. The number of primary amides is 1. The highest BCUT2D eigenvalue weighted by Gasteiger charge is 2.45. The summed E-state index contributed by atoms with van der Waals surface area (Å²) < 4.78 is 48.7. The van der Waals surface area contributed by atoms with Crippen LogP contribution in [0.3, 0.4) is 0 Å². The molecular weight excluding hydrogens is 534 g/mol. The highest BCUT2D eigenvalue weighted by atomic mass is 32.2. The second-order valence-corrected chi connectivity index (χ2v) is 14.5. The topological polar surface area (TPSA) is 138 Å². The van der Waals surface area contributed by atoms with Crippen LogP contribution in [0.4, 0.5) is 0 Å². The van der Waals surface area contributed by atoms with Crippen molar-refractivity contribution in [3.63, 3.8) is 0 Å². The number of hydrogen-bond donors (Lipinski definition) is 1. The van der Waals surface area contributed by atoms with E-state index in [1.54, 1.807) is 41.3 Å². The Kier molecular flexibility index (Phi) is 9.21. The molecule has 208 valence electrons. The van der Waals surface area contributed by atoms with Crippen molar-refractivity contribution in [2.75, 3.05) is 19.1 Å². The molecule has 2 aromatic carbocycles. The predicted molar refractivity (Wildman–Crippen MR) is 151 cm³/mol. The van der Waals surface area contributed by atoms with Crippen LogP contribution >= 0.6 is 0 Å². The third kappa shape index (κ3) is 6.85. The Bertz CT molecular complexity index is 1500. The fourth-order valence-corrected chi connectivity index (χ4v) is 6.49. The number of sulfone groups is 2. The number of amides is 1. The van der Waals surface area contributed by atoms with E-state index in [2.05, 4.69) is 6.07 Å². The van der Waals surface area contributed by atoms with Crippen molar-refractivity contribution in [2.24, 2.45) is 11.7 Å². The summed E-state index contributed by atoms with van der Waals surface area (Å²) in [6, 6.07) is 13.9. The smallest absolute Gasteiger partial charge is 0.234 e. The summed E-state index contributed by atoms with van der Waals surface area (Å²) in [6.45, 7) is 3.83. The van der Waals surface area contributed by atoms with Crippen LogP contribution in [-0.4, -0.2) is 52.7 Å². The van der Waals surface area contributed by atoms with Crippen molar-refractivity contribution in [3.8, 4) is 6.07 Å². The van der Waals surface area contributed by atoms with E-state index in [0.29, 0.717) is 18.4 Å². The minimum absolute atomic E-state index is 0.101. The lowest BCUT2D eigenvalue weighted by Gasteiger charge is -2.47. The first-order chi connectivity index (χ1) is 18.2. The number of hydrogen-bond acceptors (Lipinski definition) is 7. The average Bonchev–Trinajstić information content (AvgIpc) is 2.87. The van der Waals surface area contributed by atoms with Gasteiger partial charge in [-0.1, -0.05) is 62.4 Å². The number of nitrogens with two attached hydrogens (primary N) is 1. The van der Waals surface area contributed by atoms with E-state index < -0.39 is 43.1 Å². The first kappa shape index (κ1) is 30.3. The molecule has 0 aromatic heterocycles. The van der Waals surface area contributed by atoms with Gasteiger partial charge >= 0.3 is 0 Å². The maximum absolute atomic E-state index is 12.8. The Hall–Kier alpha value is -3.26. The molecule has 3 atom stereocenters. The maximum Gasteiger partial charge on any atom is 0.234 e. The van der Waals surface area contributed by atoms with E-state index in [1.807, 2.05) is 38.2 Å². The number of allylic oxidation sites excluding steroid dienone is 3. The number of rotatable bonds is 11. The second-order valence-electron chi connectivity index (χ2n) is 10.5. The first-order valence-electron chi connectivity index (χ1n) is 12.6. The summed E-state index contributed by atoms with van der Waals surface area (Å²) in [7, 11) is -6.88. The van der Waals surface area contributed by atoms with Gasteiger partial charge in [-0.2, -0.15) is 5.26 Å². The summed E-state index contributed by atoms with van der Waals surface area (Å²) in [5.41, 5.74) is 6.57. The van der Waals surface area contributed by atoms with Gasteiger partial charge in [0.05, 0.1) is 34.5 Å². The molecule has 39 heavy (non-hydrogen) atoms. The minimum atomic E-state index is -3.45. The van der Waals surface area contributed by atoms with Gasteiger partial charge in [-0.05, 0) is 54.2 Å². The Morgan fingerprint density at radius 2 is 1.51 bits per heavy atom. The number of benzene rings is 2. The number of nitrogens with zero attached hydrogens (tertiary/aromatic N) is 2. The van der Waals surface area contributed by atoms with Gasteiger partial charge in [-0.25, -0.2) is 16.8 Å². The molecule has 1 aliphatic rings. The molecule has 1 amide bonds. The van der Waals surface area contributed by atoms with Crippen LogP contribution in [0.15, 0.2) is 82.6 Å². The molecule has 2 N–H and O–H groups in total. The summed E-state index contributed by atoms with van der Waals surface area (Å²) in [6.07, 6.45) is 10.9. The maximum atomic E-state index is 12.8. The Balaban J connectivity index is 2.35. The van der Waals surface area contributed by atoms with Gasteiger partial charge in [-0.15, -0.1) is 0 Å². The lowest BCUT2D eigenvalue weighted by atomic mass is 9.67. The largest absolute Gasteiger partial charge is 0.368 e. The van der Waals surface area contributed by atoms with Gasteiger partial charge in [0.1, 0.15) is 0 Å². The van der Waals surface area contributed by atoms with E-state index in [0.717, 1.165) is 18.1 Å². The lowest BCUT2D eigenvalue weighted by Crippen LogP contribution is -2.53.